The number of amides is 1. The van der Waals surface area contributed by atoms with Gasteiger partial charge in [0, 0.05) is 16.8 Å². The topological polar surface area (TPSA) is 57.6 Å². The van der Waals surface area contributed by atoms with Crippen molar-refractivity contribution in [2.75, 3.05) is 4.90 Å². The van der Waals surface area contributed by atoms with Crippen molar-refractivity contribution in [2.45, 2.75) is 25.8 Å². The van der Waals surface area contributed by atoms with Gasteiger partial charge < -0.3 is 5.11 Å². The number of carboxylic acid groups (broad SMARTS) is 1. The Morgan fingerprint density at radius 2 is 1.14 bits per heavy atom. The van der Waals surface area contributed by atoms with Gasteiger partial charge in [0.05, 0.1) is 5.92 Å². The van der Waals surface area contributed by atoms with E-state index in [0.717, 1.165) is 22.3 Å². The first-order valence-corrected chi connectivity index (χ1v) is 11.8. The molecule has 1 amide bonds. The summed E-state index contributed by atoms with van der Waals surface area (Å²) in [6.07, 6.45) is 0. The second-order valence-corrected chi connectivity index (χ2v) is 8.64. The second-order valence-electron chi connectivity index (χ2n) is 8.64. The van der Waals surface area contributed by atoms with E-state index in [1.807, 2.05) is 104 Å². The van der Waals surface area contributed by atoms with Crippen LogP contribution in [0, 0.1) is 18.8 Å². The van der Waals surface area contributed by atoms with E-state index in [2.05, 4.69) is 11.8 Å². The van der Waals surface area contributed by atoms with E-state index in [-0.39, 0.29) is 5.91 Å². The number of benzene rings is 4. The first kappa shape index (κ1) is 24.5. The molecule has 4 rings (SSSR count). The summed E-state index contributed by atoms with van der Waals surface area (Å²) >= 11 is 0. The van der Waals surface area contributed by atoms with Crippen LogP contribution in [0.25, 0.3) is 0 Å². The zero-order valence-corrected chi connectivity index (χ0v) is 20.3. The number of aliphatic carboxylic acids is 1. The molecule has 0 saturated carbocycles. The minimum Gasteiger partial charge on any atom is -0.480 e. The molecule has 0 aromatic heterocycles. The van der Waals surface area contributed by atoms with Gasteiger partial charge in [-0.15, -0.1) is 0 Å². The molecule has 4 heteroatoms. The number of hydrogen-bond donors (Lipinski definition) is 1. The Morgan fingerprint density at radius 3 is 1.58 bits per heavy atom. The van der Waals surface area contributed by atoms with Crippen LogP contribution in [0.15, 0.2) is 109 Å². The largest absolute Gasteiger partial charge is 0.480 e. The zero-order chi connectivity index (χ0) is 25.5. The van der Waals surface area contributed by atoms with Crippen molar-refractivity contribution in [1.29, 1.82) is 0 Å². The van der Waals surface area contributed by atoms with Crippen LogP contribution in [-0.2, 0) is 9.59 Å². The Kier molecular flexibility index (Phi) is 7.63. The number of rotatable bonds is 6. The van der Waals surface area contributed by atoms with E-state index in [0.29, 0.717) is 5.69 Å². The number of hydrogen-bond acceptors (Lipinski definition) is 2. The van der Waals surface area contributed by atoms with Gasteiger partial charge in [-0.1, -0.05) is 90.2 Å². The summed E-state index contributed by atoms with van der Waals surface area (Å²) in [5.74, 6) is 4.24. The lowest BCUT2D eigenvalue weighted by Gasteiger charge is -2.31. The lowest BCUT2D eigenvalue weighted by Crippen LogP contribution is -2.46. The summed E-state index contributed by atoms with van der Waals surface area (Å²) in [5, 5.41) is 9.85. The van der Waals surface area contributed by atoms with E-state index >= 15 is 0 Å². The fourth-order valence-corrected chi connectivity index (χ4v) is 4.05. The van der Waals surface area contributed by atoms with Crippen molar-refractivity contribution >= 4 is 17.6 Å². The highest BCUT2D eigenvalue weighted by molar-refractivity contribution is 6.04. The molecule has 4 aromatic rings. The molecular formula is C32H27NO3. The first-order valence-electron chi connectivity index (χ1n) is 11.8. The third-order valence-electron chi connectivity index (χ3n) is 6.04. The number of carbonyl (C=O) groups excluding carboxylic acids is 1. The molecule has 0 fully saturated rings. The van der Waals surface area contributed by atoms with Gasteiger partial charge in [-0.05, 0) is 61.4 Å². The highest BCUT2D eigenvalue weighted by atomic mass is 16.4. The van der Waals surface area contributed by atoms with Gasteiger partial charge in [-0.3, -0.25) is 9.69 Å². The van der Waals surface area contributed by atoms with Crippen molar-refractivity contribution in [2.24, 2.45) is 0 Å². The number of carboxylic acids is 1. The number of nitrogens with zero attached hydrogens (tertiary/aromatic N) is 1. The van der Waals surface area contributed by atoms with Gasteiger partial charge in [-0.25, -0.2) is 4.79 Å². The summed E-state index contributed by atoms with van der Waals surface area (Å²) < 4.78 is 0. The monoisotopic (exact) mass is 473 g/mol. The minimum absolute atomic E-state index is 0.305. The average Bonchev–Trinajstić information content (AvgIpc) is 2.90. The van der Waals surface area contributed by atoms with Crippen LogP contribution in [0.3, 0.4) is 0 Å². The van der Waals surface area contributed by atoms with E-state index < -0.39 is 17.9 Å². The van der Waals surface area contributed by atoms with E-state index in [4.69, 9.17) is 0 Å². The van der Waals surface area contributed by atoms with Gasteiger partial charge in [0.25, 0.3) is 0 Å². The normalized spacial score (nSPS) is 11.3. The molecule has 0 unspecified atom stereocenters. The molecule has 0 aliphatic carbocycles. The van der Waals surface area contributed by atoms with Crippen LogP contribution in [0.2, 0.25) is 0 Å². The Labute approximate surface area is 211 Å². The summed E-state index contributed by atoms with van der Waals surface area (Å²) in [5.41, 5.74) is 4.97. The van der Waals surface area contributed by atoms with Crippen molar-refractivity contribution in [3.05, 3.63) is 137 Å². The van der Waals surface area contributed by atoms with Gasteiger partial charge >= 0.3 is 5.97 Å². The fraction of sp³-hybridized carbons (Fsp3) is 0.125. The number of aryl methyl sites for hydroxylation is 1. The van der Waals surface area contributed by atoms with E-state index in [9.17, 15) is 14.7 Å². The molecule has 36 heavy (non-hydrogen) atoms. The smallest absolute Gasteiger partial charge is 0.326 e. The standard InChI is InChI=1S/C32H27NO3/c1-23-13-15-25(16-14-23)17-18-26-19-21-29(22-20-26)33(24(2)32(35)36)31(34)30(27-9-5-3-6-10-27)28-11-7-4-8-12-28/h3-16,19-22,24,30H,1-2H3,(H,35,36)/t24-/m1/s1. The van der Waals surface area contributed by atoms with Crippen LogP contribution in [0.5, 0.6) is 0 Å². The molecular weight excluding hydrogens is 446 g/mol. The predicted octanol–water partition coefficient (Wildman–Crippen LogP) is 6.03. The lowest BCUT2D eigenvalue weighted by molar-refractivity contribution is -0.139. The molecule has 0 bridgehead atoms. The van der Waals surface area contributed by atoms with E-state index in [1.165, 1.54) is 17.4 Å². The third-order valence-corrected chi connectivity index (χ3v) is 6.04. The highest BCUT2D eigenvalue weighted by Crippen LogP contribution is 2.30. The maximum atomic E-state index is 14.0. The Hall–Kier alpha value is -4.62. The zero-order valence-electron chi connectivity index (χ0n) is 20.3. The first-order chi connectivity index (χ1) is 17.4. The van der Waals surface area contributed by atoms with Crippen molar-refractivity contribution < 1.29 is 14.7 Å². The van der Waals surface area contributed by atoms with Crippen molar-refractivity contribution in [3.63, 3.8) is 0 Å². The highest BCUT2D eigenvalue weighted by Gasteiger charge is 2.34. The Balaban J connectivity index is 1.70. The maximum Gasteiger partial charge on any atom is 0.326 e. The summed E-state index contributed by atoms with van der Waals surface area (Å²) in [6, 6.07) is 32.9. The average molecular weight is 474 g/mol. The Bertz CT molecular complexity index is 1340. The molecule has 0 saturated heterocycles. The van der Waals surface area contributed by atoms with Crippen molar-refractivity contribution in [3.8, 4) is 11.8 Å². The lowest BCUT2D eigenvalue weighted by atomic mass is 9.89. The Morgan fingerprint density at radius 1 is 0.694 bits per heavy atom. The molecule has 0 spiro atoms. The third kappa shape index (κ3) is 5.71. The molecule has 0 radical (unpaired) electrons. The quantitative estimate of drug-likeness (QED) is 0.348. The summed E-state index contributed by atoms with van der Waals surface area (Å²) in [6.45, 7) is 3.56. The van der Waals surface area contributed by atoms with Crippen LogP contribution in [0.1, 0.15) is 40.7 Å². The molecule has 0 aliphatic heterocycles. The van der Waals surface area contributed by atoms with Crippen LogP contribution in [0.4, 0.5) is 5.69 Å². The molecule has 4 aromatic carbocycles. The number of anilines is 1. The molecule has 0 heterocycles. The number of carbonyl (C=O) groups is 2. The molecule has 0 aliphatic rings. The van der Waals surface area contributed by atoms with Crippen LogP contribution >= 0.6 is 0 Å². The molecule has 4 nitrogen and oxygen atoms in total. The summed E-state index contributed by atoms with van der Waals surface area (Å²) in [4.78, 5) is 27.5. The van der Waals surface area contributed by atoms with Gasteiger partial charge in [-0.2, -0.15) is 0 Å². The fourth-order valence-electron chi connectivity index (χ4n) is 4.05. The van der Waals surface area contributed by atoms with Gasteiger partial charge in [0.2, 0.25) is 5.91 Å². The molecule has 1 atom stereocenters. The van der Waals surface area contributed by atoms with Crippen molar-refractivity contribution in [1.82, 2.24) is 0 Å². The molecule has 178 valence electrons. The SMILES string of the molecule is Cc1ccc(C#Cc2ccc(N(C(=O)C(c3ccccc3)c3ccccc3)[C@H](C)C(=O)O)cc2)cc1. The molecule has 1 N–H and O–H groups in total. The minimum atomic E-state index is -1.08. The second kappa shape index (κ2) is 11.2. The van der Waals surface area contributed by atoms with Crippen LogP contribution < -0.4 is 4.90 Å². The van der Waals surface area contributed by atoms with Gasteiger partial charge in [0.15, 0.2) is 0 Å². The van der Waals surface area contributed by atoms with Gasteiger partial charge in [0.1, 0.15) is 6.04 Å². The maximum absolute atomic E-state index is 14.0. The predicted molar refractivity (Wildman–Crippen MR) is 143 cm³/mol. The summed E-state index contributed by atoms with van der Waals surface area (Å²) in [7, 11) is 0. The van der Waals surface area contributed by atoms with E-state index in [1.54, 1.807) is 12.1 Å². The van der Waals surface area contributed by atoms with Crippen LogP contribution in [-0.4, -0.2) is 23.0 Å².